The van der Waals surface area contributed by atoms with Gasteiger partial charge in [0.2, 0.25) is 0 Å². The van der Waals surface area contributed by atoms with Crippen molar-refractivity contribution in [2.75, 3.05) is 11.9 Å². The molecule has 2 atom stereocenters. The highest BCUT2D eigenvalue weighted by atomic mass is 31.2. The largest absolute Gasteiger partial charge is 0.508 e. The first-order valence-corrected chi connectivity index (χ1v) is 10.9. The van der Waals surface area contributed by atoms with Gasteiger partial charge in [-0.05, 0) is 55.8 Å². The Hall–Kier alpha value is -2.95. The van der Waals surface area contributed by atoms with Crippen LogP contribution in [0.2, 0.25) is 0 Å². The van der Waals surface area contributed by atoms with Gasteiger partial charge < -0.3 is 24.6 Å². The molecule has 0 saturated carbocycles. The molecule has 3 rings (SSSR count). The monoisotopic (exact) mass is 413 g/mol. The lowest BCUT2D eigenvalue weighted by molar-refractivity contribution is 0.340. The van der Waals surface area contributed by atoms with E-state index in [1.165, 1.54) is 18.2 Å². The van der Waals surface area contributed by atoms with Gasteiger partial charge in [0.1, 0.15) is 17.2 Å². The van der Waals surface area contributed by atoms with E-state index < -0.39 is 13.4 Å². The van der Waals surface area contributed by atoms with Crippen LogP contribution >= 0.6 is 7.60 Å². The van der Waals surface area contributed by atoms with E-state index in [4.69, 9.17) is 9.26 Å². The van der Waals surface area contributed by atoms with Crippen LogP contribution in [0.4, 0.5) is 5.69 Å². The van der Waals surface area contributed by atoms with Crippen LogP contribution in [0.15, 0.2) is 72.8 Å². The van der Waals surface area contributed by atoms with Crippen molar-refractivity contribution in [2.45, 2.75) is 19.6 Å². The summed E-state index contributed by atoms with van der Waals surface area (Å²) in [5.74, 6) is -0.292. The molecule has 0 aliphatic heterocycles. The first-order valence-electron chi connectivity index (χ1n) is 9.24. The number of aryl methyl sites for hydroxylation is 1. The summed E-state index contributed by atoms with van der Waals surface area (Å²) in [5.41, 5.74) is 2.33. The highest BCUT2D eigenvalue weighted by molar-refractivity contribution is 7.53. The molecule has 0 spiro atoms. The van der Waals surface area contributed by atoms with Crippen molar-refractivity contribution in [3.8, 4) is 17.2 Å². The van der Waals surface area contributed by atoms with Gasteiger partial charge in [-0.3, -0.25) is 0 Å². The average molecular weight is 413 g/mol. The average Bonchev–Trinajstić information content (AvgIpc) is 2.68. The third-order valence-corrected chi connectivity index (χ3v) is 5.79. The zero-order valence-electron chi connectivity index (χ0n) is 16.3. The Kier molecular flexibility index (Phi) is 6.47. The molecule has 0 aromatic heterocycles. The molecule has 0 radical (unpaired) electrons. The normalized spacial score (nSPS) is 13.9. The number of nitrogens with one attached hydrogen (secondary N) is 1. The Morgan fingerprint density at radius 2 is 1.69 bits per heavy atom. The van der Waals surface area contributed by atoms with Gasteiger partial charge in [-0.25, -0.2) is 4.57 Å². The fourth-order valence-electron chi connectivity index (χ4n) is 2.82. The van der Waals surface area contributed by atoms with Gasteiger partial charge in [0.05, 0.1) is 6.61 Å². The lowest BCUT2D eigenvalue weighted by atomic mass is 10.2. The van der Waals surface area contributed by atoms with E-state index in [0.717, 1.165) is 5.56 Å². The number of phenolic OH excluding ortho intramolecular Hbond substituents is 1. The van der Waals surface area contributed by atoms with Crippen LogP contribution in [0.3, 0.4) is 0 Å². The summed E-state index contributed by atoms with van der Waals surface area (Å²) in [6.07, 6.45) is 0. The van der Waals surface area contributed by atoms with Crippen LogP contribution in [0.5, 0.6) is 17.2 Å². The molecular formula is C22H24NO5P. The van der Waals surface area contributed by atoms with Gasteiger partial charge in [-0.1, -0.05) is 35.9 Å². The maximum absolute atomic E-state index is 13.2. The lowest BCUT2D eigenvalue weighted by Gasteiger charge is -2.25. The number of benzene rings is 3. The number of aromatic hydroxyl groups is 1. The van der Waals surface area contributed by atoms with Gasteiger partial charge in [0.25, 0.3) is 0 Å². The zero-order valence-corrected chi connectivity index (χ0v) is 17.2. The molecule has 3 aromatic rings. The lowest BCUT2D eigenvalue weighted by Crippen LogP contribution is -2.14. The third-order valence-electron chi connectivity index (χ3n) is 4.24. The van der Waals surface area contributed by atoms with Gasteiger partial charge in [-0.15, -0.1) is 0 Å². The molecular weight excluding hydrogens is 389 g/mol. The van der Waals surface area contributed by atoms with Crippen molar-refractivity contribution < 1.29 is 23.8 Å². The first kappa shape index (κ1) is 20.8. The summed E-state index contributed by atoms with van der Waals surface area (Å²) in [6.45, 7) is 4.39. The second-order valence-corrected chi connectivity index (χ2v) is 8.39. The van der Waals surface area contributed by atoms with Crippen molar-refractivity contribution in [3.05, 3.63) is 83.9 Å². The summed E-state index contributed by atoms with van der Waals surface area (Å²) in [7, 11) is -4.24. The number of hydrogen-bond acceptors (Lipinski definition) is 5. The minimum atomic E-state index is -4.24. The minimum Gasteiger partial charge on any atom is -0.508 e. The van der Waals surface area contributed by atoms with Crippen LogP contribution in [-0.2, 0) is 4.57 Å². The van der Waals surface area contributed by atoms with Crippen LogP contribution in [0, 0.1) is 6.92 Å². The van der Waals surface area contributed by atoms with Crippen molar-refractivity contribution in [1.29, 1.82) is 0 Å². The number of hydrogen-bond donors (Lipinski definition) is 3. The topological polar surface area (TPSA) is 88.0 Å². The summed E-state index contributed by atoms with van der Waals surface area (Å²) in [4.78, 5) is 10.8. The van der Waals surface area contributed by atoms with Crippen molar-refractivity contribution >= 4 is 13.3 Å². The Labute approximate surface area is 170 Å². The van der Waals surface area contributed by atoms with E-state index in [9.17, 15) is 14.6 Å². The molecule has 0 aliphatic rings. The maximum atomic E-state index is 13.2. The van der Waals surface area contributed by atoms with E-state index >= 15 is 0 Å². The highest BCUT2D eigenvalue weighted by Crippen LogP contribution is 2.56. The summed E-state index contributed by atoms with van der Waals surface area (Å²) in [6, 6.07) is 20.3. The van der Waals surface area contributed by atoms with Crippen LogP contribution in [0.1, 0.15) is 23.8 Å². The molecule has 152 valence electrons. The Bertz CT molecular complexity index is 989. The van der Waals surface area contributed by atoms with E-state index in [0.29, 0.717) is 23.6 Å². The van der Waals surface area contributed by atoms with Gasteiger partial charge in [0.15, 0.2) is 5.78 Å². The Morgan fingerprint density at radius 3 is 2.31 bits per heavy atom. The van der Waals surface area contributed by atoms with Crippen LogP contribution in [-0.4, -0.2) is 16.6 Å². The Morgan fingerprint density at radius 1 is 1.00 bits per heavy atom. The molecule has 1 unspecified atom stereocenters. The van der Waals surface area contributed by atoms with E-state index in [2.05, 4.69) is 5.32 Å². The molecule has 7 heteroatoms. The van der Waals surface area contributed by atoms with Crippen molar-refractivity contribution in [3.63, 3.8) is 0 Å². The number of ether oxygens (including phenoxy) is 1. The molecule has 29 heavy (non-hydrogen) atoms. The van der Waals surface area contributed by atoms with Gasteiger partial charge in [-0.2, -0.15) is 0 Å². The molecule has 0 fully saturated rings. The fraction of sp³-hybridized carbons (Fsp3) is 0.182. The van der Waals surface area contributed by atoms with E-state index in [1.807, 2.05) is 38.1 Å². The summed E-state index contributed by atoms with van der Waals surface area (Å²) >= 11 is 0. The molecule has 0 heterocycles. The molecule has 6 nitrogen and oxygen atoms in total. The second-order valence-electron chi connectivity index (χ2n) is 6.57. The number of rotatable bonds is 8. The SMILES string of the molecule is CCOc1ccc([C@H](Nc2ccc(C)cc2)P(=O)(O)Oc2cccc(O)c2)cc1. The van der Waals surface area contributed by atoms with Crippen molar-refractivity contribution in [1.82, 2.24) is 0 Å². The third kappa shape index (κ3) is 5.53. The summed E-state index contributed by atoms with van der Waals surface area (Å²) in [5, 5.41) is 12.7. The number of phenols is 1. The smallest absolute Gasteiger partial charge is 0.403 e. The molecule has 0 saturated heterocycles. The second kappa shape index (κ2) is 9.03. The maximum Gasteiger partial charge on any atom is 0.403 e. The summed E-state index contributed by atoms with van der Waals surface area (Å²) < 4.78 is 24.1. The van der Waals surface area contributed by atoms with E-state index in [-0.39, 0.29) is 11.5 Å². The van der Waals surface area contributed by atoms with E-state index in [1.54, 1.807) is 30.3 Å². The standard InChI is InChI=1S/C22H24NO5P/c1-3-27-20-13-9-17(10-14-20)22(23-18-11-7-16(2)8-12-18)29(25,26)28-21-6-4-5-19(24)15-21/h4-15,22-24H,3H2,1-2H3,(H,25,26)/t22-/m1/s1. The van der Waals surface area contributed by atoms with Crippen LogP contribution in [0.25, 0.3) is 0 Å². The first-order chi connectivity index (χ1) is 13.9. The quantitative estimate of drug-likeness (QED) is 0.424. The predicted octanol–water partition coefficient (Wildman–Crippen LogP) is 5.47. The fourth-order valence-corrected chi connectivity index (χ4v) is 4.20. The van der Waals surface area contributed by atoms with Crippen LogP contribution < -0.4 is 14.6 Å². The molecule has 0 aliphatic carbocycles. The zero-order chi connectivity index (χ0) is 20.9. The number of anilines is 1. The Balaban J connectivity index is 1.94. The molecule has 3 aromatic carbocycles. The molecule has 0 amide bonds. The predicted molar refractivity (Wildman–Crippen MR) is 114 cm³/mol. The minimum absolute atomic E-state index is 0.0494. The van der Waals surface area contributed by atoms with Crippen molar-refractivity contribution in [2.24, 2.45) is 0 Å². The molecule has 3 N–H and O–H groups in total. The highest BCUT2D eigenvalue weighted by Gasteiger charge is 2.36. The molecule has 0 bridgehead atoms. The van der Waals surface area contributed by atoms with Gasteiger partial charge >= 0.3 is 7.60 Å². The van der Waals surface area contributed by atoms with Gasteiger partial charge in [0, 0.05) is 11.8 Å².